The zero-order valence-electron chi connectivity index (χ0n) is 11.6. The van der Waals surface area contributed by atoms with Gasteiger partial charge in [-0.05, 0) is 50.1 Å². The van der Waals surface area contributed by atoms with Gasteiger partial charge in [-0.1, -0.05) is 6.07 Å². The van der Waals surface area contributed by atoms with Crippen molar-refractivity contribution in [3.8, 4) is 0 Å². The molecule has 2 heterocycles. The van der Waals surface area contributed by atoms with Crippen molar-refractivity contribution < 1.29 is 0 Å². The summed E-state index contributed by atoms with van der Waals surface area (Å²) >= 11 is 2.04. The quantitative estimate of drug-likeness (QED) is 0.935. The van der Waals surface area contributed by atoms with Gasteiger partial charge in [-0.15, -0.1) is 11.8 Å². The largest absolute Gasteiger partial charge is 0.327 e. The van der Waals surface area contributed by atoms with Crippen molar-refractivity contribution in [2.75, 3.05) is 5.75 Å². The Morgan fingerprint density at radius 1 is 1.47 bits per heavy atom. The van der Waals surface area contributed by atoms with Gasteiger partial charge < -0.3 is 10.3 Å². The summed E-state index contributed by atoms with van der Waals surface area (Å²) in [4.78, 5) is 4.93. The lowest BCUT2D eigenvalue weighted by atomic mass is 10.1. The molecule has 0 bridgehead atoms. The average molecular weight is 275 g/mol. The lowest BCUT2D eigenvalue weighted by molar-refractivity contribution is 0.565. The van der Waals surface area contributed by atoms with Crippen LogP contribution in [0.15, 0.2) is 18.2 Å². The molecule has 1 fully saturated rings. The van der Waals surface area contributed by atoms with Crippen LogP contribution in [0.4, 0.5) is 0 Å². The Hall–Kier alpha value is -1.00. The van der Waals surface area contributed by atoms with Gasteiger partial charge in [0.1, 0.15) is 5.82 Å². The Bertz CT molecular complexity index is 597. The van der Waals surface area contributed by atoms with E-state index < -0.39 is 0 Å². The van der Waals surface area contributed by atoms with Crippen LogP contribution >= 0.6 is 11.8 Å². The minimum Gasteiger partial charge on any atom is -0.327 e. The molecule has 0 aliphatic carbocycles. The predicted octanol–water partition coefficient (Wildman–Crippen LogP) is 3.26. The molecule has 3 rings (SSSR count). The maximum absolute atomic E-state index is 5.73. The van der Waals surface area contributed by atoms with Gasteiger partial charge >= 0.3 is 0 Å². The first-order valence-corrected chi connectivity index (χ1v) is 8.00. The second-order valence-corrected chi connectivity index (χ2v) is 6.99. The maximum Gasteiger partial charge on any atom is 0.125 e. The molecule has 3 nitrogen and oxygen atoms in total. The van der Waals surface area contributed by atoms with E-state index in [1.807, 2.05) is 11.8 Å². The molecular formula is C15H21N3S. The van der Waals surface area contributed by atoms with Crippen LogP contribution in [0, 0.1) is 0 Å². The highest BCUT2D eigenvalue weighted by atomic mass is 32.2. The first-order chi connectivity index (χ1) is 9.18. The molecule has 102 valence electrons. The van der Waals surface area contributed by atoms with Crippen LogP contribution in [0.1, 0.15) is 38.1 Å². The molecule has 1 aliphatic rings. The first-order valence-electron chi connectivity index (χ1n) is 7.01. The van der Waals surface area contributed by atoms with E-state index in [4.69, 9.17) is 10.7 Å². The molecule has 0 radical (unpaired) electrons. The van der Waals surface area contributed by atoms with Crippen molar-refractivity contribution in [2.45, 2.75) is 44.5 Å². The van der Waals surface area contributed by atoms with Crippen molar-refractivity contribution in [1.29, 1.82) is 0 Å². The fraction of sp³-hybridized carbons (Fsp3) is 0.533. The van der Waals surface area contributed by atoms with Gasteiger partial charge in [0.05, 0.1) is 15.8 Å². The highest BCUT2D eigenvalue weighted by molar-refractivity contribution is 8.00. The number of nitrogens with zero attached hydrogens (tertiary/aromatic N) is 2. The number of nitrogens with two attached hydrogens (primary N) is 1. The van der Waals surface area contributed by atoms with Crippen LogP contribution in [0.5, 0.6) is 0 Å². The van der Waals surface area contributed by atoms with E-state index in [2.05, 4.69) is 36.6 Å². The Morgan fingerprint density at radius 2 is 2.32 bits per heavy atom. The summed E-state index contributed by atoms with van der Waals surface area (Å²) in [6, 6.07) is 6.42. The molecule has 0 amide bonds. The average Bonchev–Trinajstić information content (AvgIpc) is 3.02. The standard InChI is InChI=1S/C15H21N3S/c1-3-18-13-6-5-11(10-16)9-12(13)17-14(18)15(2)7-4-8-19-15/h5-6,9H,3-4,7-8,10,16H2,1-2H3. The summed E-state index contributed by atoms with van der Waals surface area (Å²) < 4.78 is 2.55. The maximum atomic E-state index is 5.73. The van der Waals surface area contributed by atoms with Crippen molar-refractivity contribution in [3.05, 3.63) is 29.6 Å². The van der Waals surface area contributed by atoms with E-state index in [-0.39, 0.29) is 4.75 Å². The molecule has 4 heteroatoms. The highest BCUT2D eigenvalue weighted by Crippen LogP contribution is 2.46. The van der Waals surface area contributed by atoms with Crippen LogP contribution in [0.2, 0.25) is 0 Å². The first kappa shape index (κ1) is 13.0. The summed E-state index contributed by atoms with van der Waals surface area (Å²) in [7, 11) is 0. The summed E-state index contributed by atoms with van der Waals surface area (Å²) in [5.74, 6) is 2.49. The smallest absolute Gasteiger partial charge is 0.125 e. The number of imidazole rings is 1. The number of hydrogen-bond acceptors (Lipinski definition) is 3. The fourth-order valence-electron chi connectivity index (χ4n) is 2.98. The third kappa shape index (κ3) is 2.07. The van der Waals surface area contributed by atoms with Crippen molar-refractivity contribution in [2.24, 2.45) is 5.73 Å². The summed E-state index contributed by atoms with van der Waals surface area (Å²) in [6.45, 7) is 6.09. The van der Waals surface area contributed by atoms with Gasteiger partial charge in [-0.2, -0.15) is 0 Å². The second kappa shape index (κ2) is 4.84. The van der Waals surface area contributed by atoms with E-state index in [0.29, 0.717) is 6.54 Å². The Morgan fingerprint density at radius 3 is 2.95 bits per heavy atom. The van der Waals surface area contributed by atoms with Crippen LogP contribution < -0.4 is 5.73 Å². The molecule has 1 aromatic heterocycles. The number of aromatic nitrogens is 2. The van der Waals surface area contributed by atoms with Gasteiger partial charge in [0.2, 0.25) is 0 Å². The third-order valence-electron chi connectivity index (χ3n) is 4.06. The molecule has 0 saturated carbocycles. The van der Waals surface area contributed by atoms with E-state index in [1.54, 1.807) is 0 Å². The zero-order chi connectivity index (χ0) is 13.5. The molecular weight excluding hydrogens is 254 g/mol. The monoisotopic (exact) mass is 275 g/mol. The molecule has 1 aliphatic heterocycles. The molecule has 19 heavy (non-hydrogen) atoms. The van der Waals surface area contributed by atoms with Gasteiger partial charge in [0, 0.05) is 13.1 Å². The topological polar surface area (TPSA) is 43.8 Å². The van der Waals surface area contributed by atoms with Crippen molar-refractivity contribution in [3.63, 3.8) is 0 Å². The van der Waals surface area contributed by atoms with Gasteiger partial charge in [-0.25, -0.2) is 4.98 Å². The number of fused-ring (bicyclic) bond motifs is 1. The molecule has 1 atom stereocenters. The summed E-state index contributed by atoms with van der Waals surface area (Å²) in [6.07, 6.45) is 2.52. The van der Waals surface area contributed by atoms with Crippen LogP contribution in [-0.2, 0) is 17.8 Å². The number of benzene rings is 1. The van der Waals surface area contributed by atoms with Gasteiger partial charge in [0.15, 0.2) is 0 Å². The Kier molecular flexibility index (Phi) is 3.31. The predicted molar refractivity (Wildman–Crippen MR) is 82.3 cm³/mol. The minimum atomic E-state index is 0.178. The molecule has 1 unspecified atom stereocenters. The van der Waals surface area contributed by atoms with Crippen LogP contribution in [0.25, 0.3) is 11.0 Å². The number of thioether (sulfide) groups is 1. The van der Waals surface area contributed by atoms with E-state index >= 15 is 0 Å². The molecule has 0 spiro atoms. The normalized spacial score (nSPS) is 23.3. The van der Waals surface area contributed by atoms with Gasteiger partial charge in [-0.3, -0.25) is 0 Å². The van der Waals surface area contributed by atoms with Crippen molar-refractivity contribution >= 4 is 22.8 Å². The van der Waals surface area contributed by atoms with Gasteiger partial charge in [0.25, 0.3) is 0 Å². The number of rotatable bonds is 3. The summed E-state index contributed by atoms with van der Waals surface area (Å²) in [5.41, 5.74) is 9.21. The molecule has 2 aromatic rings. The molecule has 1 saturated heterocycles. The molecule has 1 aromatic carbocycles. The van der Waals surface area contributed by atoms with E-state index in [1.165, 1.54) is 29.9 Å². The zero-order valence-corrected chi connectivity index (χ0v) is 12.5. The lowest BCUT2D eigenvalue weighted by Crippen LogP contribution is -2.19. The fourth-order valence-corrected chi connectivity index (χ4v) is 4.29. The van der Waals surface area contributed by atoms with Crippen LogP contribution in [-0.4, -0.2) is 15.3 Å². The van der Waals surface area contributed by atoms with E-state index in [0.717, 1.165) is 17.6 Å². The SMILES string of the molecule is CCn1c(C2(C)CCCS2)nc2cc(CN)ccc21. The molecule has 2 N–H and O–H groups in total. The highest BCUT2D eigenvalue weighted by Gasteiger charge is 2.36. The third-order valence-corrected chi connectivity index (χ3v) is 5.57. The number of hydrogen-bond donors (Lipinski definition) is 1. The summed E-state index contributed by atoms with van der Waals surface area (Å²) in [5, 5.41) is 0. The minimum absolute atomic E-state index is 0.178. The number of aryl methyl sites for hydroxylation is 1. The lowest BCUT2D eigenvalue weighted by Gasteiger charge is -2.23. The Balaban J connectivity index is 2.18. The van der Waals surface area contributed by atoms with Crippen LogP contribution in [0.3, 0.4) is 0 Å². The van der Waals surface area contributed by atoms with Crippen molar-refractivity contribution in [1.82, 2.24) is 9.55 Å². The second-order valence-electron chi connectivity index (χ2n) is 5.39. The van der Waals surface area contributed by atoms with E-state index in [9.17, 15) is 0 Å². The Labute approximate surface area is 118 Å².